The molecule has 3 aromatic rings. The number of piperazine rings is 1. The van der Waals surface area contributed by atoms with E-state index in [1.54, 1.807) is 12.4 Å². The first-order valence-corrected chi connectivity index (χ1v) is 13.0. The number of nitrogens with one attached hydrogen (secondary N) is 2. The second-order valence-electron chi connectivity index (χ2n) is 10.7. The molecule has 0 bridgehead atoms. The van der Waals surface area contributed by atoms with E-state index in [9.17, 15) is 14.7 Å². The normalized spacial score (nSPS) is 16.1. The number of amides is 1. The number of carboxylic acid groups (broad SMARTS) is 1. The predicted octanol–water partition coefficient (Wildman–Crippen LogP) is 4.29. The van der Waals surface area contributed by atoms with Gasteiger partial charge in [0.05, 0.1) is 12.6 Å². The van der Waals surface area contributed by atoms with Crippen molar-refractivity contribution in [3.8, 4) is 11.1 Å². The number of esters is 1. The van der Waals surface area contributed by atoms with Crippen molar-refractivity contribution in [3.05, 3.63) is 72.1 Å². The fourth-order valence-electron chi connectivity index (χ4n) is 4.43. The third kappa shape index (κ3) is 7.98. The number of benzene rings is 2. The molecule has 0 radical (unpaired) electrons. The van der Waals surface area contributed by atoms with Gasteiger partial charge >= 0.3 is 12.1 Å². The zero-order valence-corrected chi connectivity index (χ0v) is 22.8. The van der Waals surface area contributed by atoms with Crippen molar-refractivity contribution in [1.29, 1.82) is 0 Å². The molecular weight excluding hydrogens is 496 g/mol. The van der Waals surface area contributed by atoms with Gasteiger partial charge in [-0.25, -0.2) is 14.8 Å². The zero-order valence-electron chi connectivity index (χ0n) is 22.8. The number of nitrogens with zero attached hydrogens (tertiary/aromatic N) is 4. The second-order valence-corrected chi connectivity index (χ2v) is 10.7. The van der Waals surface area contributed by atoms with E-state index in [0.717, 1.165) is 27.9 Å². The highest BCUT2D eigenvalue weighted by Crippen LogP contribution is 2.28. The highest BCUT2D eigenvalue weighted by molar-refractivity contribution is 5.72. The van der Waals surface area contributed by atoms with Gasteiger partial charge in [0, 0.05) is 49.8 Å². The van der Waals surface area contributed by atoms with Crippen LogP contribution in [0.25, 0.3) is 11.1 Å². The van der Waals surface area contributed by atoms with Crippen molar-refractivity contribution in [2.75, 3.05) is 38.5 Å². The molecule has 4 rings (SSSR count). The van der Waals surface area contributed by atoms with Gasteiger partial charge in [-0.05, 0) is 56.6 Å². The first kappa shape index (κ1) is 28.0. The molecule has 1 fully saturated rings. The molecule has 39 heavy (non-hydrogen) atoms. The van der Waals surface area contributed by atoms with Crippen LogP contribution in [0, 0.1) is 0 Å². The van der Waals surface area contributed by atoms with Crippen molar-refractivity contribution in [3.63, 3.8) is 0 Å². The lowest BCUT2D eigenvalue weighted by Crippen LogP contribution is -2.48. The summed E-state index contributed by atoms with van der Waals surface area (Å²) in [7, 11) is 2.00. The number of carbonyl (C=O) groups excluding carboxylic acids is 1. The summed E-state index contributed by atoms with van der Waals surface area (Å²) in [5.41, 5.74) is 4.13. The lowest BCUT2D eigenvalue weighted by atomic mass is 10.0. The van der Waals surface area contributed by atoms with Crippen molar-refractivity contribution < 1.29 is 19.4 Å². The summed E-state index contributed by atoms with van der Waals surface area (Å²) in [6.07, 6.45) is 2.62. The maximum absolute atomic E-state index is 11.8. The number of hydrogen-bond donors (Lipinski definition) is 3. The van der Waals surface area contributed by atoms with Crippen molar-refractivity contribution >= 4 is 23.7 Å². The van der Waals surface area contributed by atoms with Crippen LogP contribution in [0.3, 0.4) is 0 Å². The molecule has 206 valence electrons. The summed E-state index contributed by atoms with van der Waals surface area (Å²) in [5.74, 6) is 0.176. The fourth-order valence-corrected chi connectivity index (χ4v) is 4.43. The molecule has 3 N–H and O–H groups in total. The Balaban J connectivity index is 1.35. The Labute approximate surface area is 229 Å². The van der Waals surface area contributed by atoms with E-state index in [-0.39, 0.29) is 18.6 Å². The predicted molar refractivity (Wildman–Crippen MR) is 150 cm³/mol. The minimum absolute atomic E-state index is 0.153. The Morgan fingerprint density at radius 3 is 2.44 bits per heavy atom. The van der Waals surface area contributed by atoms with Gasteiger partial charge in [-0.1, -0.05) is 36.4 Å². The van der Waals surface area contributed by atoms with Crippen LogP contribution in [0.1, 0.15) is 37.9 Å². The lowest BCUT2D eigenvalue weighted by Gasteiger charge is -2.38. The number of aromatic nitrogens is 2. The molecule has 1 unspecified atom stereocenters. The van der Waals surface area contributed by atoms with Crippen molar-refractivity contribution in [2.24, 2.45) is 0 Å². The standard InChI is InChI=1S/C29H36N6O4/c1-29(2,3)39-26(36)18-30-15-20-8-10-21(11-9-20)23-16-31-27(32-17-23)33-24-7-5-6-22(14-24)25-19-34(4)12-13-35(25)28(37)38/h5-11,14,16-17,25,30H,12-13,15,18-19H2,1-4H3,(H,37,38)(H,31,32,33). The molecule has 0 aliphatic carbocycles. The summed E-state index contributed by atoms with van der Waals surface area (Å²) < 4.78 is 5.30. The maximum Gasteiger partial charge on any atom is 0.407 e. The van der Waals surface area contributed by atoms with Gasteiger partial charge in [0.15, 0.2) is 0 Å². The molecule has 1 atom stereocenters. The molecule has 2 aromatic carbocycles. The molecular formula is C29H36N6O4. The molecule has 2 heterocycles. The number of ether oxygens (including phenoxy) is 1. The van der Waals surface area contributed by atoms with E-state index in [4.69, 9.17) is 4.74 Å². The molecule has 1 amide bonds. The van der Waals surface area contributed by atoms with Gasteiger partial charge in [0.25, 0.3) is 0 Å². The van der Waals surface area contributed by atoms with Crippen molar-refractivity contribution in [2.45, 2.75) is 39.0 Å². The average molecular weight is 533 g/mol. The summed E-state index contributed by atoms with van der Waals surface area (Å²) in [6.45, 7) is 8.08. The van der Waals surface area contributed by atoms with E-state index in [1.807, 2.05) is 76.3 Å². The Hall–Kier alpha value is -4.02. The molecule has 10 nitrogen and oxygen atoms in total. The summed E-state index contributed by atoms with van der Waals surface area (Å²) in [6, 6.07) is 15.5. The van der Waals surface area contributed by atoms with Crippen LogP contribution in [0.2, 0.25) is 0 Å². The van der Waals surface area contributed by atoms with Crippen LogP contribution in [0.5, 0.6) is 0 Å². The summed E-state index contributed by atoms with van der Waals surface area (Å²) >= 11 is 0. The van der Waals surface area contributed by atoms with Gasteiger partial charge in [-0.15, -0.1) is 0 Å². The van der Waals surface area contributed by atoms with Gasteiger partial charge in [0.1, 0.15) is 5.60 Å². The van der Waals surface area contributed by atoms with Crippen LogP contribution < -0.4 is 10.6 Å². The van der Waals surface area contributed by atoms with Gasteiger partial charge in [0.2, 0.25) is 5.95 Å². The molecule has 0 saturated carbocycles. The third-order valence-electron chi connectivity index (χ3n) is 6.31. The summed E-state index contributed by atoms with van der Waals surface area (Å²) in [4.78, 5) is 36.2. The fraction of sp³-hybridized carbons (Fsp3) is 0.379. The molecule has 0 spiro atoms. The number of likely N-dealkylation sites (N-methyl/N-ethyl adjacent to an activating group) is 1. The SMILES string of the molecule is CN1CCN(C(=O)O)C(c2cccc(Nc3ncc(-c4ccc(CNCC(=O)OC(C)(C)C)cc4)cn3)c2)C1. The maximum atomic E-state index is 11.8. The molecule has 1 saturated heterocycles. The first-order chi connectivity index (χ1) is 18.6. The molecule has 1 aromatic heterocycles. The number of carbonyl (C=O) groups is 2. The molecule has 1 aliphatic rings. The molecule has 10 heteroatoms. The van der Waals surface area contributed by atoms with E-state index in [1.165, 1.54) is 4.90 Å². The van der Waals surface area contributed by atoms with Crippen LogP contribution in [0.15, 0.2) is 60.9 Å². The molecule has 1 aliphatic heterocycles. The number of hydrogen-bond acceptors (Lipinski definition) is 8. The van der Waals surface area contributed by atoms with E-state index in [0.29, 0.717) is 32.1 Å². The van der Waals surface area contributed by atoms with E-state index in [2.05, 4.69) is 25.5 Å². The quantitative estimate of drug-likeness (QED) is 0.365. The van der Waals surface area contributed by atoms with Crippen LogP contribution in [0.4, 0.5) is 16.4 Å². The number of anilines is 2. The zero-order chi connectivity index (χ0) is 28.0. The Kier molecular flexibility index (Phi) is 8.78. The largest absolute Gasteiger partial charge is 0.465 e. The topological polar surface area (TPSA) is 120 Å². The minimum Gasteiger partial charge on any atom is -0.465 e. The van der Waals surface area contributed by atoms with Gasteiger partial charge in [-0.3, -0.25) is 9.69 Å². The van der Waals surface area contributed by atoms with Crippen LogP contribution in [-0.2, 0) is 16.1 Å². The smallest absolute Gasteiger partial charge is 0.407 e. The van der Waals surface area contributed by atoms with E-state index >= 15 is 0 Å². The monoisotopic (exact) mass is 532 g/mol. The minimum atomic E-state index is -0.907. The van der Waals surface area contributed by atoms with Gasteiger partial charge < -0.3 is 25.4 Å². The Morgan fingerprint density at radius 1 is 1.05 bits per heavy atom. The lowest BCUT2D eigenvalue weighted by molar-refractivity contribution is -0.153. The summed E-state index contributed by atoms with van der Waals surface area (Å²) in [5, 5.41) is 16.0. The highest BCUT2D eigenvalue weighted by atomic mass is 16.6. The van der Waals surface area contributed by atoms with Gasteiger partial charge in [-0.2, -0.15) is 0 Å². The van der Waals surface area contributed by atoms with Crippen LogP contribution in [-0.4, -0.2) is 75.8 Å². The Morgan fingerprint density at radius 2 is 1.77 bits per heavy atom. The average Bonchev–Trinajstić information content (AvgIpc) is 2.88. The first-order valence-electron chi connectivity index (χ1n) is 13.0. The second kappa shape index (κ2) is 12.2. The third-order valence-corrected chi connectivity index (χ3v) is 6.31. The highest BCUT2D eigenvalue weighted by Gasteiger charge is 2.30. The van der Waals surface area contributed by atoms with Crippen molar-refractivity contribution in [1.82, 2.24) is 25.1 Å². The number of rotatable bonds is 8. The van der Waals surface area contributed by atoms with E-state index < -0.39 is 11.7 Å². The Bertz CT molecular complexity index is 1270. The van der Waals surface area contributed by atoms with Crippen LogP contribution >= 0.6 is 0 Å².